The fraction of sp³-hybridized carbons (Fsp3) is 0.647. The Morgan fingerprint density at radius 3 is 2.76 bits per heavy atom. The molecule has 1 aromatic heterocycles. The Bertz CT molecular complexity index is 634. The zero-order valence-corrected chi connectivity index (χ0v) is 14.4. The molecule has 0 radical (unpaired) electrons. The molecule has 2 fully saturated rings. The van der Waals surface area contributed by atoms with Crippen molar-refractivity contribution in [3.8, 4) is 0 Å². The number of carbonyl (C=O) groups excluding carboxylic acids is 2. The van der Waals surface area contributed by atoms with E-state index in [2.05, 4.69) is 5.32 Å². The van der Waals surface area contributed by atoms with Crippen LogP contribution in [-0.2, 0) is 11.3 Å². The Labute approximate surface area is 146 Å². The number of furan rings is 1. The molecule has 3 amide bonds. The van der Waals surface area contributed by atoms with Crippen molar-refractivity contribution in [1.29, 1.82) is 0 Å². The lowest BCUT2D eigenvalue weighted by Gasteiger charge is -2.56. The number of aliphatic hydroxyl groups excluding tert-OH is 1. The van der Waals surface area contributed by atoms with Crippen LogP contribution in [0.25, 0.3) is 0 Å². The molecule has 4 N–H and O–H groups in total. The smallest absolute Gasteiger partial charge is 0.317 e. The summed E-state index contributed by atoms with van der Waals surface area (Å²) in [5, 5.41) is 13.0. The highest BCUT2D eigenvalue weighted by Gasteiger charge is 2.56. The highest BCUT2D eigenvalue weighted by atomic mass is 16.5. The third-order valence-electron chi connectivity index (χ3n) is 5.44. The van der Waals surface area contributed by atoms with Gasteiger partial charge in [-0.15, -0.1) is 0 Å². The number of urea groups is 1. The van der Waals surface area contributed by atoms with Gasteiger partial charge in [-0.05, 0) is 25.8 Å². The second-order valence-electron chi connectivity index (χ2n) is 6.74. The number of ether oxygens (including phenoxy) is 1. The van der Waals surface area contributed by atoms with Gasteiger partial charge in [-0.3, -0.25) is 4.79 Å². The van der Waals surface area contributed by atoms with Crippen LogP contribution in [0.5, 0.6) is 0 Å². The van der Waals surface area contributed by atoms with Crippen molar-refractivity contribution >= 4 is 11.9 Å². The second-order valence-corrected chi connectivity index (χ2v) is 6.74. The number of nitrogens with two attached hydrogens (primary N) is 1. The second kappa shape index (κ2) is 7.05. The molecule has 3 rings (SSSR count). The summed E-state index contributed by atoms with van der Waals surface area (Å²) in [6, 6.07) is 1.33. The number of amides is 3. The fourth-order valence-electron chi connectivity index (χ4n) is 3.82. The maximum Gasteiger partial charge on any atom is 0.317 e. The molecule has 0 bridgehead atoms. The number of nitrogens with zero attached hydrogens (tertiary/aromatic N) is 1. The maximum atomic E-state index is 12.3. The van der Waals surface area contributed by atoms with Crippen LogP contribution >= 0.6 is 0 Å². The van der Waals surface area contributed by atoms with Crippen molar-refractivity contribution in [2.24, 2.45) is 11.1 Å². The van der Waals surface area contributed by atoms with Gasteiger partial charge in [0.05, 0.1) is 24.3 Å². The average Bonchev–Trinajstić information content (AvgIpc) is 3.09. The molecule has 2 heterocycles. The van der Waals surface area contributed by atoms with Gasteiger partial charge in [-0.1, -0.05) is 0 Å². The molecule has 1 saturated carbocycles. The van der Waals surface area contributed by atoms with Gasteiger partial charge >= 0.3 is 6.03 Å². The van der Waals surface area contributed by atoms with Gasteiger partial charge in [0.2, 0.25) is 0 Å². The number of likely N-dealkylation sites (tertiary alicyclic amines) is 1. The molecule has 8 nitrogen and oxygen atoms in total. The van der Waals surface area contributed by atoms with Crippen molar-refractivity contribution in [2.75, 3.05) is 19.7 Å². The van der Waals surface area contributed by atoms with E-state index in [1.165, 1.54) is 12.3 Å². The fourth-order valence-corrected chi connectivity index (χ4v) is 3.82. The number of piperidine rings is 1. The van der Waals surface area contributed by atoms with E-state index in [1.54, 1.807) is 4.90 Å². The SMILES string of the molecule is CCOC1CC(O)C12CCN(C(=O)NCc1cc(C(N)=O)co1)CC2. The van der Waals surface area contributed by atoms with Gasteiger partial charge in [0.1, 0.15) is 12.0 Å². The molecular formula is C17H25N3O5. The van der Waals surface area contributed by atoms with Crippen LogP contribution in [0, 0.1) is 5.41 Å². The minimum absolute atomic E-state index is 0.0908. The summed E-state index contributed by atoms with van der Waals surface area (Å²) in [5.74, 6) is -0.0907. The summed E-state index contributed by atoms with van der Waals surface area (Å²) >= 11 is 0. The Hall–Kier alpha value is -2.06. The lowest BCUT2D eigenvalue weighted by atomic mass is 9.58. The molecule has 8 heteroatoms. The standard InChI is InChI=1S/C17H25N3O5/c1-2-24-14-8-13(21)17(14)3-5-20(6-4-17)16(23)19-9-12-7-11(10-25-12)15(18)22/h7,10,13-14,21H,2-6,8-9H2,1H3,(H2,18,22)(H,19,23). The van der Waals surface area contributed by atoms with E-state index in [4.69, 9.17) is 14.9 Å². The largest absolute Gasteiger partial charge is 0.467 e. The predicted octanol–water partition coefficient (Wildman–Crippen LogP) is 0.840. The number of hydrogen-bond acceptors (Lipinski definition) is 5. The van der Waals surface area contributed by atoms with E-state index in [-0.39, 0.29) is 35.8 Å². The molecule has 0 aromatic carbocycles. The van der Waals surface area contributed by atoms with E-state index in [1.807, 2.05) is 6.92 Å². The third-order valence-corrected chi connectivity index (χ3v) is 5.44. The van der Waals surface area contributed by atoms with E-state index < -0.39 is 5.91 Å². The first kappa shape index (κ1) is 17.8. The summed E-state index contributed by atoms with van der Waals surface area (Å²) in [6.45, 7) is 3.95. The van der Waals surface area contributed by atoms with Crippen LogP contribution in [0.4, 0.5) is 4.79 Å². The van der Waals surface area contributed by atoms with Crippen molar-refractivity contribution in [1.82, 2.24) is 10.2 Å². The number of aliphatic hydroxyl groups is 1. The van der Waals surface area contributed by atoms with Gasteiger partial charge in [0.25, 0.3) is 5.91 Å². The zero-order valence-electron chi connectivity index (χ0n) is 14.4. The molecule has 1 aliphatic heterocycles. The quantitative estimate of drug-likeness (QED) is 0.726. The highest BCUT2D eigenvalue weighted by Crippen LogP contribution is 2.50. The number of rotatable bonds is 5. The van der Waals surface area contributed by atoms with Crippen LogP contribution < -0.4 is 11.1 Å². The average molecular weight is 351 g/mol. The van der Waals surface area contributed by atoms with Gasteiger partial charge in [0, 0.05) is 31.5 Å². The molecule has 25 heavy (non-hydrogen) atoms. The number of primary amides is 1. The number of hydrogen-bond donors (Lipinski definition) is 3. The topological polar surface area (TPSA) is 118 Å². The Morgan fingerprint density at radius 2 is 2.20 bits per heavy atom. The summed E-state index contributed by atoms with van der Waals surface area (Å²) < 4.78 is 10.9. The Kier molecular flexibility index (Phi) is 5.01. The summed E-state index contributed by atoms with van der Waals surface area (Å²) in [7, 11) is 0. The lowest BCUT2D eigenvalue weighted by molar-refractivity contribution is -0.207. The first-order chi connectivity index (χ1) is 12.0. The maximum absolute atomic E-state index is 12.3. The van der Waals surface area contributed by atoms with Crippen LogP contribution in [0.2, 0.25) is 0 Å². The van der Waals surface area contributed by atoms with Crippen molar-refractivity contribution in [2.45, 2.75) is 44.9 Å². The van der Waals surface area contributed by atoms with Crippen molar-refractivity contribution in [3.05, 3.63) is 23.7 Å². The van der Waals surface area contributed by atoms with Gasteiger partial charge in [-0.2, -0.15) is 0 Å². The minimum Gasteiger partial charge on any atom is -0.467 e. The van der Waals surface area contributed by atoms with E-state index in [0.29, 0.717) is 31.9 Å². The Balaban J connectivity index is 1.49. The zero-order chi connectivity index (χ0) is 18.0. The molecule has 2 atom stereocenters. The molecule has 1 saturated heterocycles. The third kappa shape index (κ3) is 3.36. The first-order valence-corrected chi connectivity index (χ1v) is 8.66. The van der Waals surface area contributed by atoms with E-state index >= 15 is 0 Å². The summed E-state index contributed by atoms with van der Waals surface area (Å²) in [5.41, 5.74) is 5.24. The van der Waals surface area contributed by atoms with Gasteiger partial charge in [0.15, 0.2) is 0 Å². The van der Waals surface area contributed by atoms with Crippen LogP contribution in [0.1, 0.15) is 42.3 Å². The van der Waals surface area contributed by atoms with Gasteiger partial charge in [-0.25, -0.2) is 4.79 Å². The number of carbonyl (C=O) groups is 2. The number of nitrogens with one attached hydrogen (secondary N) is 1. The Morgan fingerprint density at radius 1 is 1.48 bits per heavy atom. The molecular weight excluding hydrogens is 326 g/mol. The minimum atomic E-state index is -0.564. The van der Waals surface area contributed by atoms with Crippen LogP contribution in [0.15, 0.2) is 16.7 Å². The molecule has 2 aliphatic rings. The predicted molar refractivity (Wildman–Crippen MR) is 88.7 cm³/mol. The summed E-state index contributed by atoms with van der Waals surface area (Å²) in [6.07, 6.45) is 3.18. The normalized spacial score (nSPS) is 24.8. The van der Waals surface area contributed by atoms with Crippen LogP contribution in [-0.4, -0.2) is 53.8 Å². The highest BCUT2D eigenvalue weighted by molar-refractivity contribution is 5.92. The first-order valence-electron chi connectivity index (χ1n) is 8.66. The van der Waals surface area contributed by atoms with Crippen molar-refractivity contribution < 1.29 is 23.8 Å². The van der Waals surface area contributed by atoms with Gasteiger partial charge < -0.3 is 30.2 Å². The molecule has 2 unspecified atom stereocenters. The lowest BCUT2D eigenvalue weighted by Crippen LogP contribution is -2.63. The van der Waals surface area contributed by atoms with Crippen LogP contribution in [0.3, 0.4) is 0 Å². The molecule has 138 valence electrons. The monoisotopic (exact) mass is 351 g/mol. The molecule has 1 aromatic rings. The molecule has 1 spiro atoms. The van der Waals surface area contributed by atoms with E-state index in [0.717, 1.165) is 12.8 Å². The van der Waals surface area contributed by atoms with Crippen molar-refractivity contribution in [3.63, 3.8) is 0 Å². The molecule has 1 aliphatic carbocycles. The summed E-state index contributed by atoms with van der Waals surface area (Å²) in [4.78, 5) is 25.1. The van der Waals surface area contributed by atoms with E-state index in [9.17, 15) is 14.7 Å².